The highest BCUT2D eigenvalue weighted by atomic mass is 32.2. The number of fused-ring (bicyclic) bond motifs is 1. The lowest BCUT2D eigenvalue weighted by Crippen LogP contribution is -2.13. The summed E-state index contributed by atoms with van der Waals surface area (Å²) >= 11 is 0. The van der Waals surface area contributed by atoms with Gasteiger partial charge in [0.1, 0.15) is 0 Å². The van der Waals surface area contributed by atoms with Crippen molar-refractivity contribution in [2.45, 2.75) is 25.7 Å². The van der Waals surface area contributed by atoms with Crippen LogP contribution in [0.1, 0.15) is 16.7 Å². The van der Waals surface area contributed by atoms with Crippen molar-refractivity contribution in [2.24, 2.45) is 0 Å². The van der Waals surface area contributed by atoms with Gasteiger partial charge in [0.05, 0.1) is 16.1 Å². The fourth-order valence-corrected chi connectivity index (χ4v) is 3.86. The standard InChI is InChI=1S/C17H18N2O2S/c1-11-5-4-6-14(9-11)22(20,21)19-15-8-7-12(2)16-13(3)10-18-17(15)16/h4-10,18-19H,1-3H3. The number of aromatic nitrogens is 1. The zero-order valence-corrected chi connectivity index (χ0v) is 13.6. The van der Waals surface area contributed by atoms with Crippen molar-refractivity contribution in [1.29, 1.82) is 0 Å². The molecule has 3 aromatic rings. The maximum atomic E-state index is 12.6. The van der Waals surface area contributed by atoms with E-state index in [4.69, 9.17) is 0 Å². The molecule has 0 aliphatic carbocycles. The lowest BCUT2D eigenvalue weighted by atomic mass is 10.1. The topological polar surface area (TPSA) is 62.0 Å². The van der Waals surface area contributed by atoms with E-state index in [1.54, 1.807) is 24.3 Å². The number of nitrogens with one attached hydrogen (secondary N) is 2. The average molecular weight is 314 g/mol. The van der Waals surface area contributed by atoms with Crippen LogP contribution in [0.5, 0.6) is 0 Å². The summed E-state index contributed by atoms with van der Waals surface area (Å²) in [4.78, 5) is 3.42. The van der Waals surface area contributed by atoms with E-state index in [-0.39, 0.29) is 4.90 Å². The van der Waals surface area contributed by atoms with Gasteiger partial charge in [-0.25, -0.2) is 8.42 Å². The van der Waals surface area contributed by atoms with Gasteiger partial charge in [-0.05, 0) is 55.7 Å². The lowest BCUT2D eigenvalue weighted by molar-refractivity contribution is 0.601. The molecule has 0 saturated heterocycles. The van der Waals surface area contributed by atoms with Gasteiger partial charge in [-0.2, -0.15) is 0 Å². The van der Waals surface area contributed by atoms with Gasteiger partial charge in [-0.1, -0.05) is 18.2 Å². The molecule has 2 N–H and O–H groups in total. The van der Waals surface area contributed by atoms with Crippen molar-refractivity contribution in [3.05, 3.63) is 59.3 Å². The number of benzene rings is 2. The molecule has 4 nitrogen and oxygen atoms in total. The average Bonchev–Trinajstić information content (AvgIpc) is 2.85. The molecule has 0 spiro atoms. The van der Waals surface area contributed by atoms with Crippen LogP contribution in [-0.2, 0) is 10.0 Å². The highest BCUT2D eigenvalue weighted by Crippen LogP contribution is 2.29. The number of anilines is 1. The maximum Gasteiger partial charge on any atom is 0.261 e. The minimum atomic E-state index is -3.60. The van der Waals surface area contributed by atoms with Gasteiger partial charge < -0.3 is 4.98 Å². The van der Waals surface area contributed by atoms with Crippen LogP contribution in [-0.4, -0.2) is 13.4 Å². The minimum Gasteiger partial charge on any atom is -0.359 e. The van der Waals surface area contributed by atoms with E-state index in [2.05, 4.69) is 9.71 Å². The molecule has 0 unspecified atom stereocenters. The molecule has 0 atom stereocenters. The Balaban J connectivity index is 2.09. The van der Waals surface area contributed by atoms with Crippen molar-refractivity contribution in [3.63, 3.8) is 0 Å². The van der Waals surface area contributed by atoms with Crippen molar-refractivity contribution in [3.8, 4) is 0 Å². The summed E-state index contributed by atoms with van der Waals surface area (Å²) in [6.45, 7) is 5.89. The maximum absolute atomic E-state index is 12.6. The number of sulfonamides is 1. The Morgan fingerprint density at radius 2 is 1.77 bits per heavy atom. The molecule has 3 rings (SSSR count). The van der Waals surface area contributed by atoms with E-state index in [9.17, 15) is 8.42 Å². The molecular formula is C17H18N2O2S. The zero-order valence-electron chi connectivity index (χ0n) is 12.8. The highest BCUT2D eigenvalue weighted by molar-refractivity contribution is 7.92. The van der Waals surface area contributed by atoms with E-state index in [0.717, 1.165) is 27.6 Å². The van der Waals surface area contributed by atoms with E-state index in [1.165, 1.54) is 0 Å². The molecule has 0 amide bonds. The molecule has 0 fully saturated rings. The van der Waals surface area contributed by atoms with Crippen molar-refractivity contribution in [2.75, 3.05) is 4.72 Å². The lowest BCUT2D eigenvalue weighted by Gasteiger charge is -2.11. The van der Waals surface area contributed by atoms with Gasteiger partial charge in [-0.15, -0.1) is 0 Å². The van der Waals surface area contributed by atoms with Crippen LogP contribution in [0.4, 0.5) is 5.69 Å². The second-order valence-electron chi connectivity index (χ2n) is 5.57. The smallest absolute Gasteiger partial charge is 0.261 e. The van der Waals surface area contributed by atoms with Gasteiger partial charge in [0, 0.05) is 11.6 Å². The number of hydrogen-bond donors (Lipinski definition) is 2. The Labute approximate surface area is 130 Å². The summed E-state index contributed by atoms with van der Waals surface area (Å²) in [6.07, 6.45) is 1.89. The third kappa shape index (κ3) is 2.48. The van der Waals surface area contributed by atoms with Crippen LogP contribution in [0.3, 0.4) is 0 Å². The van der Waals surface area contributed by atoms with Crippen molar-refractivity contribution >= 4 is 26.6 Å². The minimum absolute atomic E-state index is 0.268. The van der Waals surface area contributed by atoms with Crippen LogP contribution < -0.4 is 4.72 Å². The van der Waals surface area contributed by atoms with Crippen LogP contribution in [0.25, 0.3) is 10.9 Å². The van der Waals surface area contributed by atoms with Crippen LogP contribution >= 0.6 is 0 Å². The number of hydrogen-bond acceptors (Lipinski definition) is 2. The Morgan fingerprint density at radius 1 is 1.00 bits per heavy atom. The van der Waals surface area contributed by atoms with Gasteiger partial charge >= 0.3 is 0 Å². The molecule has 5 heteroatoms. The molecule has 22 heavy (non-hydrogen) atoms. The van der Waals surface area contributed by atoms with Gasteiger partial charge in [0.2, 0.25) is 0 Å². The molecule has 1 aromatic heterocycles. The van der Waals surface area contributed by atoms with E-state index in [1.807, 2.05) is 39.1 Å². The normalized spacial score (nSPS) is 11.8. The van der Waals surface area contributed by atoms with Crippen LogP contribution in [0, 0.1) is 20.8 Å². The highest BCUT2D eigenvalue weighted by Gasteiger charge is 2.17. The molecule has 0 aliphatic rings. The van der Waals surface area contributed by atoms with Crippen molar-refractivity contribution < 1.29 is 8.42 Å². The monoisotopic (exact) mass is 314 g/mol. The fraction of sp³-hybridized carbons (Fsp3) is 0.176. The first-order chi connectivity index (χ1) is 10.4. The second-order valence-corrected chi connectivity index (χ2v) is 7.26. The number of rotatable bonds is 3. The summed E-state index contributed by atoms with van der Waals surface area (Å²) in [5, 5.41) is 1.06. The molecular weight excluding hydrogens is 296 g/mol. The second kappa shape index (κ2) is 5.18. The molecule has 0 radical (unpaired) electrons. The predicted molar refractivity (Wildman–Crippen MR) is 89.8 cm³/mol. The summed E-state index contributed by atoms with van der Waals surface area (Å²) in [5.41, 5.74) is 4.51. The first-order valence-corrected chi connectivity index (χ1v) is 8.53. The molecule has 0 aliphatic heterocycles. The predicted octanol–water partition coefficient (Wildman–Crippen LogP) is 3.89. The molecule has 2 aromatic carbocycles. The molecule has 0 saturated carbocycles. The Bertz CT molecular complexity index is 956. The quantitative estimate of drug-likeness (QED) is 0.770. The SMILES string of the molecule is Cc1cccc(S(=O)(=O)Nc2ccc(C)c3c(C)c[nH]c23)c1. The summed E-state index contributed by atoms with van der Waals surface area (Å²) in [5.74, 6) is 0. The first-order valence-electron chi connectivity index (χ1n) is 7.05. The first kappa shape index (κ1) is 14.7. The third-order valence-corrected chi connectivity index (χ3v) is 5.15. The Kier molecular flexibility index (Phi) is 3.45. The fourth-order valence-electron chi connectivity index (χ4n) is 2.69. The number of aromatic amines is 1. The third-order valence-electron chi connectivity index (χ3n) is 3.79. The van der Waals surface area contributed by atoms with E-state index < -0.39 is 10.0 Å². The Morgan fingerprint density at radius 3 is 2.50 bits per heavy atom. The van der Waals surface area contributed by atoms with Gasteiger partial charge in [0.25, 0.3) is 10.0 Å². The summed E-state index contributed by atoms with van der Waals surface area (Å²) < 4.78 is 27.8. The van der Waals surface area contributed by atoms with Gasteiger partial charge in [-0.3, -0.25) is 4.72 Å². The molecule has 114 valence electrons. The number of aryl methyl sites for hydroxylation is 3. The van der Waals surface area contributed by atoms with Crippen molar-refractivity contribution in [1.82, 2.24) is 4.98 Å². The summed E-state index contributed by atoms with van der Waals surface area (Å²) in [7, 11) is -3.60. The van der Waals surface area contributed by atoms with Crippen LogP contribution in [0.15, 0.2) is 47.5 Å². The van der Waals surface area contributed by atoms with Gasteiger partial charge in [0.15, 0.2) is 0 Å². The van der Waals surface area contributed by atoms with Crippen LogP contribution in [0.2, 0.25) is 0 Å². The largest absolute Gasteiger partial charge is 0.359 e. The van der Waals surface area contributed by atoms with E-state index >= 15 is 0 Å². The zero-order chi connectivity index (χ0) is 15.9. The Hall–Kier alpha value is -2.27. The molecule has 1 heterocycles. The van der Waals surface area contributed by atoms with E-state index in [0.29, 0.717) is 5.69 Å². The number of H-pyrrole nitrogens is 1. The molecule has 0 bridgehead atoms. The summed E-state index contributed by atoms with van der Waals surface area (Å²) in [6, 6.07) is 10.6.